The first-order valence-corrected chi connectivity index (χ1v) is 13.1. The van der Waals surface area contributed by atoms with Gasteiger partial charge >= 0.3 is 0 Å². The van der Waals surface area contributed by atoms with Gasteiger partial charge in [0.1, 0.15) is 11.3 Å². The van der Waals surface area contributed by atoms with Crippen LogP contribution in [-0.4, -0.2) is 56.6 Å². The van der Waals surface area contributed by atoms with Gasteiger partial charge in [0.15, 0.2) is 4.80 Å². The molecule has 0 atom stereocenters. The van der Waals surface area contributed by atoms with Crippen LogP contribution in [-0.2, 0) is 21.3 Å². The molecule has 0 N–H and O–H groups in total. The Labute approximate surface area is 198 Å². The number of carbonyl (C=O) groups excluding carboxylic acids is 1. The molecule has 3 rings (SSSR count). The molecule has 0 aliphatic rings. The smallest absolute Gasteiger partial charge is 0.279 e. The summed E-state index contributed by atoms with van der Waals surface area (Å²) in [6, 6.07) is 11.7. The van der Waals surface area contributed by atoms with Crippen molar-refractivity contribution in [3.05, 3.63) is 52.8 Å². The Morgan fingerprint density at radius 1 is 1.09 bits per heavy atom. The minimum absolute atomic E-state index is 0.154. The van der Waals surface area contributed by atoms with Crippen molar-refractivity contribution >= 4 is 37.5 Å². The van der Waals surface area contributed by atoms with Crippen LogP contribution in [0.25, 0.3) is 10.2 Å². The summed E-state index contributed by atoms with van der Waals surface area (Å²) in [4.78, 5) is 18.0. The Bertz CT molecular complexity index is 1270. The number of carbonyl (C=O) groups is 1. The predicted octanol–water partition coefficient (Wildman–Crippen LogP) is 3.52. The van der Waals surface area contributed by atoms with Crippen molar-refractivity contribution in [3.8, 4) is 5.75 Å². The topological polar surface area (TPSA) is 90.2 Å². The van der Waals surface area contributed by atoms with Gasteiger partial charge < -0.3 is 14.0 Å². The molecule has 33 heavy (non-hydrogen) atoms. The SMILES string of the molecule is CCOc1cccc2sc(=NC(=O)c3ccc(S(=O)(=O)N(CC)CC)cc3)n(CCOC)c12. The molecule has 0 aliphatic carbocycles. The Morgan fingerprint density at radius 2 is 1.79 bits per heavy atom. The third-order valence-corrected chi connectivity index (χ3v) is 8.23. The first-order chi connectivity index (χ1) is 15.9. The Kier molecular flexibility index (Phi) is 8.41. The molecule has 0 saturated heterocycles. The number of ether oxygens (including phenoxy) is 2. The quantitative estimate of drug-likeness (QED) is 0.433. The molecule has 1 aromatic heterocycles. The lowest BCUT2D eigenvalue weighted by atomic mass is 10.2. The normalized spacial score (nSPS) is 12.6. The van der Waals surface area contributed by atoms with E-state index in [0.29, 0.717) is 43.2 Å². The predicted molar refractivity (Wildman–Crippen MR) is 129 cm³/mol. The number of hydrogen-bond donors (Lipinski definition) is 0. The van der Waals surface area contributed by atoms with Gasteiger partial charge in [-0.3, -0.25) is 4.79 Å². The van der Waals surface area contributed by atoms with Gasteiger partial charge in [-0.25, -0.2) is 8.42 Å². The van der Waals surface area contributed by atoms with Crippen molar-refractivity contribution < 1.29 is 22.7 Å². The zero-order valence-electron chi connectivity index (χ0n) is 19.3. The highest BCUT2D eigenvalue weighted by Crippen LogP contribution is 2.27. The number of fused-ring (bicyclic) bond motifs is 1. The number of thiazole rings is 1. The third-order valence-electron chi connectivity index (χ3n) is 5.12. The number of amides is 1. The summed E-state index contributed by atoms with van der Waals surface area (Å²) in [5.74, 6) is 0.277. The van der Waals surface area contributed by atoms with Gasteiger partial charge in [0.2, 0.25) is 10.0 Å². The summed E-state index contributed by atoms with van der Waals surface area (Å²) in [5, 5.41) is 0. The van der Waals surface area contributed by atoms with Gasteiger partial charge in [-0.15, -0.1) is 0 Å². The van der Waals surface area contributed by atoms with Crippen molar-refractivity contribution in [2.75, 3.05) is 33.4 Å². The summed E-state index contributed by atoms with van der Waals surface area (Å²) in [7, 11) is -1.97. The zero-order chi connectivity index (χ0) is 24.0. The summed E-state index contributed by atoms with van der Waals surface area (Å²) in [6.45, 7) is 7.74. The first-order valence-electron chi connectivity index (χ1n) is 10.8. The summed E-state index contributed by atoms with van der Waals surface area (Å²) >= 11 is 1.39. The van der Waals surface area contributed by atoms with Crippen LogP contribution in [0.15, 0.2) is 52.4 Å². The van der Waals surface area contributed by atoms with Crippen LogP contribution in [0.4, 0.5) is 0 Å². The molecule has 1 heterocycles. The van der Waals surface area contributed by atoms with E-state index in [1.165, 1.54) is 39.9 Å². The van der Waals surface area contributed by atoms with Gasteiger partial charge in [-0.1, -0.05) is 31.3 Å². The fourth-order valence-electron chi connectivity index (χ4n) is 3.48. The number of nitrogens with zero attached hydrogens (tertiary/aromatic N) is 3. The minimum Gasteiger partial charge on any atom is -0.492 e. The highest BCUT2D eigenvalue weighted by Gasteiger charge is 2.21. The van der Waals surface area contributed by atoms with E-state index < -0.39 is 15.9 Å². The van der Waals surface area contributed by atoms with E-state index in [1.807, 2.05) is 29.7 Å². The summed E-state index contributed by atoms with van der Waals surface area (Å²) < 4.78 is 40.7. The van der Waals surface area contributed by atoms with Crippen molar-refractivity contribution in [2.24, 2.45) is 4.99 Å². The number of methoxy groups -OCH3 is 1. The van der Waals surface area contributed by atoms with Crippen LogP contribution in [0.3, 0.4) is 0 Å². The van der Waals surface area contributed by atoms with Crippen LogP contribution in [0.2, 0.25) is 0 Å². The van der Waals surface area contributed by atoms with E-state index >= 15 is 0 Å². The number of hydrogen-bond acceptors (Lipinski definition) is 6. The molecule has 8 nitrogen and oxygen atoms in total. The zero-order valence-corrected chi connectivity index (χ0v) is 20.9. The van der Waals surface area contributed by atoms with Crippen molar-refractivity contribution in [1.82, 2.24) is 8.87 Å². The van der Waals surface area contributed by atoms with E-state index in [4.69, 9.17) is 9.47 Å². The van der Waals surface area contributed by atoms with Crippen molar-refractivity contribution in [2.45, 2.75) is 32.2 Å². The lowest BCUT2D eigenvalue weighted by Crippen LogP contribution is -2.30. The summed E-state index contributed by atoms with van der Waals surface area (Å²) in [6.07, 6.45) is 0. The molecule has 3 aromatic rings. The van der Waals surface area contributed by atoms with E-state index in [-0.39, 0.29) is 4.90 Å². The lowest BCUT2D eigenvalue weighted by Gasteiger charge is -2.18. The molecule has 178 valence electrons. The maximum Gasteiger partial charge on any atom is 0.279 e. The van der Waals surface area contributed by atoms with Gasteiger partial charge in [0.25, 0.3) is 5.91 Å². The fraction of sp³-hybridized carbons (Fsp3) is 0.391. The largest absolute Gasteiger partial charge is 0.492 e. The Morgan fingerprint density at radius 3 is 2.39 bits per heavy atom. The van der Waals surface area contributed by atoms with Crippen LogP contribution < -0.4 is 9.54 Å². The maximum atomic E-state index is 12.9. The average molecular weight is 492 g/mol. The molecule has 1 amide bonds. The van der Waals surface area contributed by atoms with Gasteiger partial charge in [-0.2, -0.15) is 9.30 Å². The van der Waals surface area contributed by atoms with Crippen LogP contribution in [0, 0.1) is 0 Å². The molecular weight excluding hydrogens is 462 g/mol. The number of para-hydroxylation sites is 1. The van der Waals surface area contributed by atoms with E-state index in [2.05, 4.69) is 4.99 Å². The highest BCUT2D eigenvalue weighted by molar-refractivity contribution is 7.89. The number of rotatable bonds is 10. The molecule has 10 heteroatoms. The molecule has 0 spiro atoms. The molecule has 0 aliphatic heterocycles. The highest BCUT2D eigenvalue weighted by atomic mass is 32.2. The Balaban J connectivity index is 2.02. The van der Waals surface area contributed by atoms with E-state index in [9.17, 15) is 13.2 Å². The first kappa shape index (κ1) is 25.1. The second-order valence-electron chi connectivity index (χ2n) is 7.10. The van der Waals surface area contributed by atoms with Crippen LogP contribution >= 0.6 is 11.3 Å². The third kappa shape index (κ3) is 5.35. The monoisotopic (exact) mass is 491 g/mol. The number of aromatic nitrogens is 1. The Hall–Kier alpha value is -2.53. The molecule has 0 fully saturated rings. The van der Waals surface area contributed by atoms with Gasteiger partial charge in [-0.05, 0) is 43.3 Å². The van der Waals surface area contributed by atoms with Gasteiger partial charge in [0.05, 0.1) is 22.8 Å². The van der Waals surface area contributed by atoms with Crippen LogP contribution in [0.1, 0.15) is 31.1 Å². The lowest BCUT2D eigenvalue weighted by molar-refractivity contribution is 0.0997. The fourth-order valence-corrected chi connectivity index (χ4v) is 6.01. The molecule has 0 bridgehead atoms. The summed E-state index contributed by atoms with van der Waals surface area (Å²) in [5.41, 5.74) is 1.18. The standard InChI is InChI=1S/C23H29N3O5S2/c1-5-25(6-2)33(28,29)18-13-11-17(12-14-18)22(27)24-23-26(15-16-30-4)21-19(31-7-3)9-8-10-20(21)32-23/h8-14H,5-7,15-16H2,1-4H3. The minimum atomic E-state index is -3.59. The second-order valence-corrected chi connectivity index (χ2v) is 10.0. The molecule has 0 unspecified atom stereocenters. The number of sulfonamides is 1. The second kappa shape index (κ2) is 11.1. The molecule has 0 saturated carbocycles. The van der Waals surface area contributed by atoms with Crippen LogP contribution in [0.5, 0.6) is 5.75 Å². The molecular formula is C23H29N3O5S2. The molecule has 2 aromatic carbocycles. The number of benzene rings is 2. The molecule has 0 radical (unpaired) electrons. The van der Waals surface area contributed by atoms with Crippen molar-refractivity contribution in [3.63, 3.8) is 0 Å². The average Bonchev–Trinajstić information content (AvgIpc) is 3.16. The van der Waals surface area contributed by atoms with Gasteiger partial charge in [0, 0.05) is 32.3 Å². The maximum absolute atomic E-state index is 12.9. The van der Waals surface area contributed by atoms with E-state index in [0.717, 1.165) is 16.0 Å². The van der Waals surface area contributed by atoms with E-state index in [1.54, 1.807) is 21.0 Å². The van der Waals surface area contributed by atoms with Crippen molar-refractivity contribution in [1.29, 1.82) is 0 Å².